The van der Waals surface area contributed by atoms with E-state index in [1.165, 1.54) is 10.7 Å². The van der Waals surface area contributed by atoms with Crippen LogP contribution in [0.4, 0.5) is 10.1 Å². The van der Waals surface area contributed by atoms with Crippen molar-refractivity contribution in [2.75, 3.05) is 12.4 Å². The summed E-state index contributed by atoms with van der Waals surface area (Å²) in [6.07, 6.45) is 1.56. The van der Waals surface area contributed by atoms with Gasteiger partial charge in [-0.2, -0.15) is 5.10 Å². The predicted molar refractivity (Wildman–Crippen MR) is 97.9 cm³/mol. The average molecular weight is 361 g/mol. The van der Waals surface area contributed by atoms with Crippen LogP contribution in [0.25, 0.3) is 5.69 Å². The molecule has 0 bridgehead atoms. The number of hydrogen-bond donors (Lipinski definition) is 2. The minimum absolute atomic E-state index is 0. The van der Waals surface area contributed by atoms with E-state index < -0.39 is 5.82 Å². The largest absolute Gasteiger partial charge is 0.321 e. The number of anilines is 1. The zero-order valence-electron chi connectivity index (χ0n) is 13.6. The molecular weight excluding hydrogens is 343 g/mol. The fourth-order valence-electron chi connectivity index (χ4n) is 2.38. The second-order valence-corrected chi connectivity index (χ2v) is 5.28. The molecule has 3 rings (SSSR count). The molecule has 2 N–H and O–H groups in total. The van der Waals surface area contributed by atoms with Gasteiger partial charge in [-0.1, -0.05) is 24.3 Å². The van der Waals surface area contributed by atoms with Crippen LogP contribution in [0.5, 0.6) is 0 Å². The molecular formula is C18H18ClFN4O. The van der Waals surface area contributed by atoms with Gasteiger partial charge < -0.3 is 10.6 Å². The van der Waals surface area contributed by atoms with Gasteiger partial charge in [0.05, 0.1) is 0 Å². The van der Waals surface area contributed by atoms with E-state index in [9.17, 15) is 9.18 Å². The van der Waals surface area contributed by atoms with Gasteiger partial charge in [0.1, 0.15) is 11.5 Å². The minimum Gasteiger partial charge on any atom is -0.321 e. The third-order valence-corrected chi connectivity index (χ3v) is 3.49. The SMILES string of the molecule is CNCc1cccc(NC(=O)c2ccn(-c3ccccc3F)n2)c1.Cl. The van der Waals surface area contributed by atoms with Gasteiger partial charge in [-0.15, -0.1) is 12.4 Å². The Hall–Kier alpha value is -2.70. The van der Waals surface area contributed by atoms with E-state index in [0.29, 0.717) is 17.9 Å². The van der Waals surface area contributed by atoms with Crippen molar-refractivity contribution in [1.29, 1.82) is 0 Å². The van der Waals surface area contributed by atoms with Crippen molar-refractivity contribution in [3.63, 3.8) is 0 Å². The molecule has 7 heteroatoms. The molecule has 0 saturated carbocycles. The van der Waals surface area contributed by atoms with Crippen molar-refractivity contribution in [2.45, 2.75) is 6.54 Å². The highest BCUT2D eigenvalue weighted by molar-refractivity contribution is 6.02. The number of aromatic nitrogens is 2. The van der Waals surface area contributed by atoms with Gasteiger partial charge in [0.2, 0.25) is 0 Å². The van der Waals surface area contributed by atoms with Crippen LogP contribution in [-0.4, -0.2) is 22.7 Å². The zero-order chi connectivity index (χ0) is 16.9. The molecule has 0 aliphatic rings. The van der Waals surface area contributed by atoms with E-state index >= 15 is 0 Å². The predicted octanol–water partition coefficient (Wildman–Crippen LogP) is 3.40. The van der Waals surface area contributed by atoms with Crippen molar-refractivity contribution >= 4 is 24.0 Å². The Morgan fingerprint density at radius 2 is 1.96 bits per heavy atom. The van der Waals surface area contributed by atoms with Crippen molar-refractivity contribution in [2.24, 2.45) is 0 Å². The highest BCUT2D eigenvalue weighted by Crippen LogP contribution is 2.14. The monoisotopic (exact) mass is 360 g/mol. The normalized spacial score (nSPS) is 10.2. The topological polar surface area (TPSA) is 58.9 Å². The fraction of sp³-hybridized carbons (Fsp3) is 0.111. The van der Waals surface area contributed by atoms with Gasteiger partial charge in [0, 0.05) is 18.4 Å². The number of nitrogens with zero attached hydrogens (tertiary/aromatic N) is 2. The van der Waals surface area contributed by atoms with Crippen LogP contribution in [0.3, 0.4) is 0 Å². The molecule has 1 aromatic heterocycles. The van der Waals surface area contributed by atoms with Crippen LogP contribution in [0.15, 0.2) is 60.8 Å². The van der Waals surface area contributed by atoms with Gasteiger partial charge in [-0.05, 0) is 42.9 Å². The molecule has 0 aliphatic carbocycles. The van der Waals surface area contributed by atoms with E-state index in [-0.39, 0.29) is 24.0 Å². The smallest absolute Gasteiger partial charge is 0.276 e. The molecule has 0 aliphatic heterocycles. The number of halogens is 2. The number of rotatable bonds is 5. The van der Waals surface area contributed by atoms with Crippen molar-refractivity contribution in [3.8, 4) is 5.69 Å². The molecule has 0 atom stereocenters. The first-order valence-corrected chi connectivity index (χ1v) is 7.53. The molecule has 0 unspecified atom stereocenters. The summed E-state index contributed by atoms with van der Waals surface area (Å²) in [6.45, 7) is 0.714. The molecule has 0 fully saturated rings. The molecule has 5 nitrogen and oxygen atoms in total. The number of hydrogen-bond acceptors (Lipinski definition) is 3. The molecule has 1 amide bonds. The van der Waals surface area contributed by atoms with Crippen LogP contribution in [0, 0.1) is 5.82 Å². The summed E-state index contributed by atoms with van der Waals surface area (Å²) in [6, 6.07) is 15.4. The first-order valence-electron chi connectivity index (χ1n) is 7.53. The van der Waals surface area contributed by atoms with Crippen LogP contribution < -0.4 is 10.6 Å². The standard InChI is InChI=1S/C18H17FN4O.ClH/c1-20-12-13-5-4-6-14(11-13)21-18(24)16-9-10-23(22-16)17-8-3-2-7-15(17)19;/h2-11,20H,12H2,1H3,(H,21,24);1H. The van der Waals surface area contributed by atoms with E-state index in [1.54, 1.807) is 30.5 Å². The lowest BCUT2D eigenvalue weighted by atomic mass is 10.2. The second kappa shape index (κ2) is 8.41. The zero-order valence-corrected chi connectivity index (χ0v) is 14.4. The van der Waals surface area contributed by atoms with Gasteiger partial charge >= 0.3 is 0 Å². The highest BCUT2D eigenvalue weighted by Gasteiger charge is 2.12. The Labute approximate surface area is 151 Å². The summed E-state index contributed by atoms with van der Waals surface area (Å²) in [5.41, 5.74) is 2.27. The maximum Gasteiger partial charge on any atom is 0.276 e. The van der Waals surface area contributed by atoms with E-state index in [0.717, 1.165) is 5.56 Å². The number of benzene rings is 2. The molecule has 2 aromatic carbocycles. The summed E-state index contributed by atoms with van der Waals surface area (Å²) in [5, 5.41) is 10.0. The summed E-state index contributed by atoms with van der Waals surface area (Å²) in [7, 11) is 1.86. The van der Waals surface area contributed by atoms with E-state index in [4.69, 9.17) is 0 Å². The Bertz CT molecular complexity index is 866. The lowest BCUT2D eigenvalue weighted by Crippen LogP contribution is -2.14. The van der Waals surface area contributed by atoms with Gasteiger partial charge in [0.15, 0.2) is 5.69 Å². The van der Waals surface area contributed by atoms with Crippen LogP contribution in [0.1, 0.15) is 16.1 Å². The molecule has 130 valence electrons. The average Bonchev–Trinajstić information content (AvgIpc) is 3.06. The second-order valence-electron chi connectivity index (χ2n) is 5.28. The fourth-order valence-corrected chi connectivity index (χ4v) is 2.38. The number of amides is 1. The van der Waals surface area contributed by atoms with E-state index in [1.807, 2.05) is 31.3 Å². The Morgan fingerprint density at radius 1 is 1.16 bits per heavy atom. The van der Waals surface area contributed by atoms with Crippen LogP contribution in [0.2, 0.25) is 0 Å². The maximum atomic E-state index is 13.8. The summed E-state index contributed by atoms with van der Waals surface area (Å²) < 4.78 is 15.1. The summed E-state index contributed by atoms with van der Waals surface area (Å²) >= 11 is 0. The van der Waals surface area contributed by atoms with Crippen molar-refractivity contribution < 1.29 is 9.18 Å². The van der Waals surface area contributed by atoms with Crippen LogP contribution >= 0.6 is 12.4 Å². The lowest BCUT2D eigenvalue weighted by Gasteiger charge is -2.06. The Morgan fingerprint density at radius 3 is 2.72 bits per heavy atom. The lowest BCUT2D eigenvalue weighted by molar-refractivity contribution is 0.102. The first kappa shape index (κ1) is 18.6. The van der Waals surface area contributed by atoms with Gasteiger partial charge in [-0.3, -0.25) is 4.79 Å². The van der Waals surface area contributed by atoms with Gasteiger partial charge in [0.25, 0.3) is 5.91 Å². The number of nitrogens with one attached hydrogen (secondary N) is 2. The molecule has 1 heterocycles. The summed E-state index contributed by atoms with van der Waals surface area (Å²) in [4.78, 5) is 12.3. The molecule has 3 aromatic rings. The third-order valence-electron chi connectivity index (χ3n) is 3.49. The Kier molecular flexibility index (Phi) is 6.27. The van der Waals surface area contributed by atoms with Crippen LogP contribution in [-0.2, 0) is 6.54 Å². The third kappa shape index (κ3) is 4.43. The van der Waals surface area contributed by atoms with Gasteiger partial charge in [-0.25, -0.2) is 9.07 Å². The molecule has 0 saturated heterocycles. The molecule has 25 heavy (non-hydrogen) atoms. The number of carbonyl (C=O) groups excluding carboxylic acids is 1. The quantitative estimate of drug-likeness (QED) is 0.733. The minimum atomic E-state index is -0.396. The Balaban J connectivity index is 0.00000225. The first-order chi connectivity index (χ1) is 11.7. The number of carbonyl (C=O) groups is 1. The molecule has 0 spiro atoms. The number of para-hydroxylation sites is 1. The maximum absolute atomic E-state index is 13.8. The van der Waals surface area contributed by atoms with Crippen molar-refractivity contribution in [3.05, 3.63) is 77.9 Å². The summed E-state index contributed by atoms with van der Waals surface area (Å²) in [5.74, 6) is -0.737. The molecule has 0 radical (unpaired) electrons. The van der Waals surface area contributed by atoms with Crippen molar-refractivity contribution in [1.82, 2.24) is 15.1 Å². The highest BCUT2D eigenvalue weighted by atomic mass is 35.5. The van der Waals surface area contributed by atoms with E-state index in [2.05, 4.69) is 15.7 Å².